The molecule has 1 aromatic heterocycles. The van der Waals surface area contributed by atoms with E-state index in [1.54, 1.807) is 11.8 Å². The molecule has 0 unspecified atom stereocenters. The van der Waals surface area contributed by atoms with Crippen LogP contribution in [0.25, 0.3) is 0 Å². The topological polar surface area (TPSA) is 56.7 Å². The van der Waals surface area contributed by atoms with Gasteiger partial charge in [0.1, 0.15) is 0 Å². The van der Waals surface area contributed by atoms with Gasteiger partial charge in [-0.3, -0.25) is 4.57 Å². The maximum absolute atomic E-state index is 5.55. The van der Waals surface area contributed by atoms with E-state index in [0.717, 1.165) is 10.9 Å². The van der Waals surface area contributed by atoms with E-state index in [2.05, 4.69) is 17.1 Å². The van der Waals surface area contributed by atoms with Crippen LogP contribution in [-0.4, -0.2) is 20.5 Å². The van der Waals surface area contributed by atoms with Gasteiger partial charge in [0.05, 0.1) is 0 Å². The van der Waals surface area contributed by atoms with Crippen LogP contribution in [0.5, 0.6) is 0 Å². The summed E-state index contributed by atoms with van der Waals surface area (Å²) in [5.74, 6) is 1.58. The van der Waals surface area contributed by atoms with Crippen LogP contribution >= 0.6 is 11.8 Å². The molecule has 1 rings (SSSR count). The standard InChI is InChI=1S/C8H16N4S/c1-3-4-5-6-13-8-11-10-7(9)12(8)2/h3-6H2,1-2H3,(H2,9,10). The van der Waals surface area contributed by atoms with Gasteiger partial charge in [-0.05, 0) is 6.42 Å². The zero-order valence-electron chi connectivity index (χ0n) is 8.16. The van der Waals surface area contributed by atoms with Gasteiger partial charge in [-0.15, -0.1) is 10.2 Å². The first kappa shape index (κ1) is 10.4. The number of hydrogen-bond donors (Lipinski definition) is 1. The van der Waals surface area contributed by atoms with Gasteiger partial charge in [-0.2, -0.15) is 0 Å². The number of aromatic nitrogens is 3. The zero-order valence-corrected chi connectivity index (χ0v) is 8.97. The van der Waals surface area contributed by atoms with Gasteiger partial charge in [0.15, 0.2) is 5.16 Å². The second-order valence-electron chi connectivity index (χ2n) is 2.96. The van der Waals surface area contributed by atoms with Crippen LogP contribution in [-0.2, 0) is 7.05 Å². The molecule has 0 bridgehead atoms. The van der Waals surface area contributed by atoms with Gasteiger partial charge >= 0.3 is 0 Å². The number of rotatable bonds is 5. The van der Waals surface area contributed by atoms with E-state index in [-0.39, 0.29) is 0 Å². The van der Waals surface area contributed by atoms with Crippen LogP contribution in [0.3, 0.4) is 0 Å². The third kappa shape index (κ3) is 2.91. The molecule has 1 aromatic rings. The minimum absolute atomic E-state index is 0.484. The lowest BCUT2D eigenvalue weighted by Gasteiger charge is -1.99. The Balaban J connectivity index is 2.32. The highest BCUT2D eigenvalue weighted by Gasteiger charge is 2.04. The Morgan fingerprint density at radius 3 is 2.69 bits per heavy atom. The van der Waals surface area contributed by atoms with Gasteiger partial charge in [-0.1, -0.05) is 31.5 Å². The van der Waals surface area contributed by atoms with Gasteiger partial charge in [0.2, 0.25) is 5.95 Å². The number of anilines is 1. The fourth-order valence-corrected chi connectivity index (χ4v) is 1.88. The zero-order chi connectivity index (χ0) is 9.68. The van der Waals surface area contributed by atoms with E-state index in [0.29, 0.717) is 5.95 Å². The minimum atomic E-state index is 0.484. The highest BCUT2D eigenvalue weighted by molar-refractivity contribution is 7.99. The molecular weight excluding hydrogens is 184 g/mol. The summed E-state index contributed by atoms with van der Waals surface area (Å²) in [4.78, 5) is 0. The van der Waals surface area contributed by atoms with E-state index in [4.69, 9.17) is 5.73 Å². The Hall–Kier alpha value is -0.710. The Morgan fingerprint density at radius 2 is 2.15 bits per heavy atom. The van der Waals surface area contributed by atoms with Crippen molar-refractivity contribution in [2.45, 2.75) is 31.3 Å². The van der Waals surface area contributed by atoms with Crippen molar-refractivity contribution in [1.29, 1.82) is 0 Å². The van der Waals surface area contributed by atoms with E-state index < -0.39 is 0 Å². The Kier molecular flexibility index (Phi) is 4.08. The molecular formula is C8H16N4S. The second-order valence-corrected chi connectivity index (χ2v) is 4.02. The van der Waals surface area contributed by atoms with Gasteiger partial charge < -0.3 is 5.73 Å². The Labute approximate surface area is 82.9 Å². The number of unbranched alkanes of at least 4 members (excludes halogenated alkanes) is 2. The van der Waals surface area contributed by atoms with Crippen molar-refractivity contribution in [2.24, 2.45) is 7.05 Å². The van der Waals surface area contributed by atoms with Crippen molar-refractivity contribution < 1.29 is 0 Å². The lowest BCUT2D eigenvalue weighted by molar-refractivity contribution is 0.767. The van der Waals surface area contributed by atoms with Gasteiger partial charge in [0, 0.05) is 12.8 Å². The smallest absolute Gasteiger partial charge is 0.222 e. The number of thioether (sulfide) groups is 1. The molecule has 0 spiro atoms. The molecule has 0 radical (unpaired) electrons. The number of nitrogens with zero attached hydrogens (tertiary/aromatic N) is 3. The summed E-state index contributed by atoms with van der Waals surface area (Å²) in [6.45, 7) is 2.20. The fourth-order valence-electron chi connectivity index (χ4n) is 0.967. The van der Waals surface area contributed by atoms with Crippen molar-refractivity contribution in [3.05, 3.63) is 0 Å². The van der Waals surface area contributed by atoms with E-state index in [1.165, 1.54) is 19.3 Å². The Morgan fingerprint density at radius 1 is 1.38 bits per heavy atom. The van der Waals surface area contributed by atoms with Gasteiger partial charge in [-0.25, -0.2) is 0 Å². The van der Waals surface area contributed by atoms with Crippen molar-refractivity contribution >= 4 is 17.7 Å². The quantitative estimate of drug-likeness (QED) is 0.580. The number of hydrogen-bond acceptors (Lipinski definition) is 4. The molecule has 0 amide bonds. The monoisotopic (exact) mass is 200 g/mol. The molecule has 0 atom stereocenters. The first-order valence-electron chi connectivity index (χ1n) is 4.53. The van der Waals surface area contributed by atoms with Crippen molar-refractivity contribution in [1.82, 2.24) is 14.8 Å². The molecule has 0 fully saturated rings. The molecule has 2 N–H and O–H groups in total. The van der Waals surface area contributed by atoms with Crippen molar-refractivity contribution in [3.63, 3.8) is 0 Å². The average molecular weight is 200 g/mol. The molecule has 0 aliphatic rings. The van der Waals surface area contributed by atoms with E-state index >= 15 is 0 Å². The number of nitrogens with two attached hydrogens (primary N) is 1. The van der Waals surface area contributed by atoms with Crippen LogP contribution in [0, 0.1) is 0 Å². The largest absolute Gasteiger partial charge is 0.368 e. The molecule has 5 heteroatoms. The highest BCUT2D eigenvalue weighted by atomic mass is 32.2. The van der Waals surface area contributed by atoms with Crippen LogP contribution < -0.4 is 5.73 Å². The van der Waals surface area contributed by atoms with Crippen LogP contribution in [0.2, 0.25) is 0 Å². The maximum Gasteiger partial charge on any atom is 0.222 e. The SMILES string of the molecule is CCCCCSc1nnc(N)n1C. The maximum atomic E-state index is 5.55. The first-order valence-corrected chi connectivity index (χ1v) is 5.52. The van der Waals surface area contributed by atoms with E-state index in [9.17, 15) is 0 Å². The lowest BCUT2D eigenvalue weighted by atomic mass is 10.3. The summed E-state index contributed by atoms with van der Waals surface area (Å²) in [6.07, 6.45) is 3.76. The predicted octanol–water partition coefficient (Wildman–Crippen LogP) is 1.68. The third-order valence-corrected chi connectivity index (χ3v) is 2.95. The van der Waals surface area contributed by atoms with Crippen LogP contribution in [0.4, 0.5) is 5.95 Å². The van der Waals surface area contributed by atoms with Crippen LogP contribution in [0.15, 0.2) is 5.16 Å². The summed E-state index contributed by atoms with van der Waals surface area (Å²) in [5, 5.41) is 8.66. The Bertz CT molecular complexity index is 259. The molecule has 13 heavy (non-hydrogen) atoms. The molecule has 0 aliphatic carbocycles. The summed E-state index contributed by atoms with van der Waals surface area (Å²) in [7, 11) is 1.89. The minimum Gasteiger partial charge on any atom is -0.368 e. The lowest BCUT2D eigenvalue weighted by Crippen LogP contribution is -1.98. The molecule has 4 nitrogen and oxygen atoms in total. The molecule has 0 saturated heterocycles. The average Bonchev–Trinajstić information content (AvgIpc) is 2.43. The van der Waals surface area contributed by atoms with Gasteiger partial charge in [0.25, 0.3) is 0 Å². The number of nitrogen functional groups attached to an aromatic ring is 1. The summed E-state index contributed by atoms with van der Waals surface area (Å²) >= 11 is 1.72. The molecule has 1 heterocycles. The first-order chi connectivity index (χ1) is 6.25. The summed E-state index contributed by atoms with van der Waals surface area (Å²) < 4.78 is 1.82. The molecule has 0 saturated carbocycles. The highest BCUT2D eigenvalue weighted by Crippen LogP contribution is 2.17. The van der Waals surface area contributed by atoms with E-state index in [1.807, 2.05) is 11.6 Å². The summed E-state index contributed by atoms with van der Waals surface area (Å²) in [6, 6.07) is 0. The molecule has 0 aromatic carbocycles. The second kappa shape index (κ2) is 5.11. The van der Waals surface area contributed by atoms with Crippen LogP contribution in [0.1, 0.15) is 26.2 Å². The normalized spacial score (nSPS) is 10.6. The fraction of sp³-hybridized carbons (Fsp3) is 0.750. The predicted molar refractivity (Wildman–Crippen MR) is 55.7 cm³/mol. The van der Waals surface area contributed by atoms with Crippen molar-refractivity contribution in [2.75, 3.05) is 11.5 Å². The third-order valence-electron chi connectivity index (χ3n) is 1.85. The molecule has 0 aliphatic heterocycles. The summed E-state index contributed by atoms with van der Waals surface area (Å²) in [5.41, 5.74) is 5.55. The van der Waals surface area contributed by atoms with Crippen molar-refractivity contribution in [3.8, 4) is 0 Å². The molecule has 74 valence electrons.